The highest BCUT2D eigenvalue weighted by Gasteiger charge is 2.28. The van der Waals surface area contributed by atoms with Crippen LogP contribution in [0.5, 0.6) is 0 Å². The maximum Gasteiger partial charge on any atom is 0.229 e. The summed E-state index contributed by atoms with van der Waals surface area (Å²) in [6, 6.07) is 61.3. The summed E-state index contributed by atoms with van der Waals surface area (Å²) >= 11 is 0. The van der Waals surface area contributed by atoms with Crippen molar-refractivity contribution in [2.75, 3.05) is 149 Å². The minimum absolute atomic E-state index is 0.0554. The molecule has 0 spiro atoms. The maximum atomic E-state index is 14.3. The van der Waals surface area contributed by atoms with Crippen LogP contribution in [0.25, 0.3) is 50.3 Å². The lowest BCUT2D eigenvalue weighted by Gasteiger charge is -2.28. The van der Waals surface area contributed by atoms with Crippen LogP contribution in [0.4, 0.5) is 122 Å². The molecule has 8 aromatic heterocycles. The van der Waals surface area contributed by atoms with E-state index in [-0.39, 0.29) is 41.4 Å². The zero-order valence-electron chi connectivity index (χ0n) is 73.7. The van der Waals surface area contributed by atoms with E-state index in [4.69, 9.17) is 43.9 Å². The second kappa shape index (κ2) is 41.4. The van der Waals surface area contributed by atoms with Crippen molar-refractivity contribution in [2.45, 2.75) is 90.9 Å². The molecule has 0 amide bonds. The summed E-state index contributed by atoms with van der Waals surface area (Å²) in [5, 5.41) is 25.8. The van der Waals surface area contributed by atoms with Gasteiger partial charge in [-0.05, 0) is 179 Å². The minimum atomic E-state index is -0.350. The number of fused-ring (bicyclic) bond motifs is 4. The normalized spacial score (nSPS) is 14.9. The van der Waals surface area contributed by atoms with E-state index in [1.807, 2.05) is 94.3 Å². The summed E-state index contributed by atoms with van der Waals surface area (Å²) in [6.07, 6.45) is 13.0. The van der Waals surface area contributed by atoms with Gasteiger partial charge in [-0.15, -0.1) is 0 Å². The van der Waals surface area contributed by atoms with Crippen LogP contribution in [-0.2, 0) is 25.5 Å². The molecule has 16 aromatic rings. The summed E-state index contributed by atoms with van der Waals surface area (Å²) in [6.45, 7) is 20.4. The van der Waals surface area contributed by atoms with E-state index in [0.29, 0.717) is 122 Å². The van der Waals surface area contributed by atoms with Crippen molar-refractivity contribution in [3.63, 3.8) is 0 Å². The quantitative estimate of drug-likeness (QED) is 0.0261. The number of imidazole rings is 4. The zero-order valence-corrected chi connectivity index (χ0v) is 73.7. The van der Waals surface area contributed by atoms with Gasteiger partial charge in [-0.3, -0.25) is 18.3 Å². The first kappa shape index (κ1) is 88.0. The van der Waals surface area contributed by atoms with Crippen LogP contribution in [0.15, 0.2) is 225 Å². The topological polar surface area (TPSA) is 317 Å². The van der Waals surface area contributed by atoms with Crippen molar-refractivity contribution in [2.24, 2.45) is 5.92 Å². The lowest BCUT2D eigenvalue weighted by molar-refractivity contribution is 0.0903. The molecule has 0 radical (unpaired) electrons. The second-order valence-electron chi connectivity index (χ2n) is 33.1. The Morgan fingerprint density at radius 1 is 0.333 bits per heavy atom. The third-order valence-corrected chi connectivity index (χ3v) is 23.1. The molecule has 4 aliphatic heterocycles. The standard InChI is InChI=1S/C26H28FN7O.C25H28FN7O.C24H26FN7O.C22H21FN6O/c27-21-7-3-4-8-22(21)30-26-31-23-17-28-25(32-24(23)34(26)20-5-1-2-6-20)29-18-9-11-19(12-10-18)33-13-15-35-16-14-33;1-17(2)16-33-23-22(30-25(33)29-21-6-4-3-5-20(21)26)15-27-24(31-23)28-18-7-9-19(10-8-18)32-11-13-34-14-12-32;1-16(2)32-22-21(29-24(32)28-20-6-4-3-5-19(20)25)15-26-23(30-22)27-17-7-9-18(10-8-17)31-11-13-33-14-12-31;23-17-8-4-5-9-18(17)26-22-27-19-14-24-21(25-15-10-12-30-13-11-15)28-20(19)29(22)16-6-2-1-3-7-16/h3-4,7-12,17,20H,1-2,5-6,13-16H2,(H,30,31)(H,28,29,32);3-10,15,17H,11-14,16H2,1-2H3,(H,29,30)(H,27,28,31);3-10,15-16H,11-14H2,1-2H3,(H,28,29)(H,26,27,30);1-9,14-15H,10-13H2,(H,26,27)(H,24,25,28). The first-order valence-electron chi connectivity index (χ1n) is 44.7. The lowest BCUT2D eigenvalue weighted by Crippen LogP contribution is -2.36. The van der Waals surface area contributed by atoms with Crippen molar-refractivity contribution < 1.29 is 36.5 Å². The number of rotatable bonds is 24. The largest absolute Gasteiger partial charge is 0.381 e. The molecule has 5 aliphatic rings. The van der Waals surface area contributed by atoms with Gasteiger partial charge in [0.1, 0.15) is 45.3 Å². The van der Waals surface area contributed by atoms with Crippen molar-refractivity contribution in [1.82, 2.24) is 78.1 Å². The smallest absolute Gasteiger partial charge is 0.229 e. The van der Waals surface area contributed by atoms with Gasteiger partial charge in [-0.1, -0.05) is 93.4 Å². The molecule has 1 aliphatic carbocycles. The molecule has 8 aromatic carbocycles. The highest BCUT2D eigenvalue weighted by atomic mass is 19.1. The molecule has 31 nitrogen and oxygen atoms in total. The highest BCUT2D eigenvalue weighted by molar-refractivity contribution is 5.82. The predicted octanol–water partition coefficient (Wildman–Crippen LogP) is 19.5. The van der Waals surface area contributed by atoms with Gasteiger partial charge in [0.05, 0.1) is 92.9 Å². The van der Waals surface area contributed by atoms with E-state index < -0.39 is 0 Å². The van der Waals surface area contributed by atoms with E-state index in [1.165, 1.54) is 41.3 Å². The molecule has 8 N–H and O–H groups in total. The first-order valence-corrected chi connectivity index (χ1v) is 44.7. The van der Waals surface area contributed by atoms with Gasteiger partial charge in [-0.25, -0.2) is 57.4 Å². The predicted molar refractivity (Wildman–Crippen MR) is 510 cm³/mol. The Labute approximate surface area is 759 Å². The Balaban J connectivity index is 0.000000118. The van der Waals surface area contributed by atoms with E-state index in [9.17, 15) is 17.6 Å². The van der Waals surface area contributed by atoms with E-state index in [2.05, 4.69) is 147 Å². The van der Waals surface area contributed by atoms with Crippen molar-refractivity contribution >= 4 is 149 Å². The summed E-state index contributed by atoms with van der Waals surface area (Å²) in [5.74, 6) is 3.14. The number of anilines is 18. The van der Waals surface area contributed by atoms with Crippen LogP contribution in [0.2, 0.25) is 0 Å². The van der Waals surface area contributed by atoms with Crippen LogP contribution in [-0.4, -0.2) is 176 Å². The highest BCUT2D eigenvalue weighted by Crippen LogP contribution is 2.39. The van der Waals surface area contributed by atoms with Crippen LogP contribution >= 0.6 is 0 Å². The Hall–Kier alpha value is -14.7. The molecule has 1 saturated carbocycles. The Bertz CT molecular complexity index is 6560. The number of benzene rings is 8. The minimum Gasteiger partial charge on any atom is -0.381 e. The average molecular weight is 1790 g/mol. The summed E-state index contributed by atoms with van der Waals surface area (Å²) < 4.78 is 86.6. The monoisotopic (exact) mass is 1790 g/mol. The number of para-hydroxylation sites is 5. The molecule has 0 bridgehead atoms. The second-order valence-corrected chi connectivity index (χ2v) is 33.1. The number of nitrogens with zero attached hydrogens (tertiary/aromatic N) is 19. The molecule has 0 atom stereocenters. The Morgan fingerprint density at radius 2 is 0.689 bits per heavy atom. The van der Waals surface area contributed by atoms with Crippen molar-refractivity contribution in [1.29, 1.82) is 0 Å². The number of nitrogens with one attached hydrogen (secondary N) is 8. The average Bonchev–Trinajstić information content (AvgIpc) is 1.61. The van der Waals surface area contributed by atoms with Gasteiger partial charge in [0.25, 0.3) is 0 Å². The zero-order chi connectivity index (χ0) is 90.2. The molecule has 21 rings (SSSR count). The van der Waals surface area contributed by atoms with Gasteiger partial charge < -0.3 is 76.2 Å². The number of halogens is 4. The third-order valence-electron chi connectivity index (χ3n) is 23.1. The molecule has 4 saturated heterocycles. The summed E-state index contributed by atoms with van der Waals surface area (Å²) in [7, 11) is 0. The van der Waals surface area contributed by atoms with Gasteiger partial charge >= 0.3 is 0 Å². The first-order chi connectivity index (χ1) is 64.7. The Kier molecular flexibility index (Phi) is 27.6. The van der Waals surface area contributed by atoms with Gasteiger partial charge in [0.15, 0.2) is 22.6 Å². The fourth-order valence-electron chi connectivity index (χ4n) is 16.4. The number of morpholine rings is 3. The Morgan fingerprint density at radius 3 is 1.14 bits per heavy atom. The number of aromatic nitrogens is 16. The van der Waals surface area contributed by atoms with Crippen LogP contribution in [0.1, 0.15) is 78.3 Å². The number of hydrogen-bond donors (Lipinski definition) is 8. The molecule has 5 fully saturated rings. The van der Waals surface area contributed by atoms with Crippen molar-refractivity contribution in [3.05, 3.63) is 248 Å². The van der Waals surface area contributed by atoms with Crippen LogP contribution < -0.4 is 57.2 Å². The van der Waals surface area contributed by atoms with Crippen LogP contribution in [0.3, 0.4) is 0 Å². The van der Waals surface area contributed by atoms with E-state index in [0.717, 1.165) is 159 Å². The molecular formula is C97H103F4N27O4. The fourth-order valence-corrected chi connectivity index (χ4v) is 16.4. The van der Waals surface area contributed by atoms with E-state index in [1.54, 1.807) is 97.6 Å². The molecular weight excluding hydrogens is 1680 g/mol. The van der Waals surface area contributed by atoms with E-state index >= 15 is 0 Å². The van der Waals surface area contributed by atoms with Crippen LogP contribution in [0, 0.1) is 29.2 Å². The van der Waals surface area contributed by atoms with Gasteiger partial charge in [0, 0.05) is 111 Å². The third kappa shape index (κ3) is 21.2. The maximum absolute atomic E-state index is 14.3. The number of ether oxygens (including phenoxy) is 4. The number of hydrogen-bond acceptors (Lipinski definition) is 27. The lowest BCUT2D eigenvalue weighted by atomic mass is 10.1. The van der Waals surface area contributed by atoms with Gasteiger partial charge in [0.2, 0.25) is 47.6 Å². The summed E-state index contributed by atoms with van der Waals surface area (Å²) in [4.78, 5) is 62.3. The molecule has 0 unspecified atom stereocenters. The molecule has 12 heterocycles. The molecule has 35 heteroatoms. The molecule has 678 valence electrons. The summed E-state index contributed by atoms with van der Waals surface area (Å²) in [5.41, 5.74) is 13.9. The SMILES string of the molecule is CC(C)Cn1c(Nc2ccccc2F)nc2cnc(Nc3ccc(N4CCOCC4)cc3)nc21.CC(C)n1c(Nc2ccccc2F)nc2cnc(Nc3ccc(N4CCOCC4)cc3)nc21.Fc1ccccc1Nc1nc2cnc(NC3CCOCC3)nc2n1-c1ccccc1.Fc1ccccc1Nc1nc2cnc(Nc3ccc(N4CCOCC4)cc3)nc2n1C1CCCC1. The van der Waals surface area contributed by atoms with Gasteiger partial charge in [-0.2, -0.15) is 19.9 Å². The van der Waals surface area contributed by atoms with Crippen molar-refractivity contribution in [3.8, 4) is 5.69 Å². The fraction of sp³-hybridized carbons (Fsp3) is 0.299. The molecule has 132 heavy (non-hydrogen) atoms.